The number of ether oxygens (including phenoxy) is 1. The van der Waals surface area contributed by atoms with Gasteiger partial charge in [0.25, 0.3) is 0 Å². The van der Waals surface area contributed by atoms with Crippen molar-refractivity contribution < 1.29 is 19.1 Å². The number of rotatable bonds is 5. The molecule has 3 aromatic rings. The van der Waals surface area contributed by atoms with Gasteiger partial charge in [-0.3, -0.25) is 9.59 Å². The molecule has 0 aliphatic rings. The van der Waals surface area contributed by atoms with E-state index in [0.717, 1.165) is 5.39 Å². The van der Waals surface area contributed by atoms with Crippen LogP contribution in [0.15, 0.2) is 36.4 Å². The van der Waals surface area contributed by atoms with Gasteiger partial charge in [-0.05, 0) is 45.4 Å². The molecule has 0 amide bonds. The van der Waals surface area contributed by atoms with Crippen LogP contribution >= 0.6 is 0 Å². The van der Waals surface area contributed by atoms with Crippen LogP contribution in [0.5, 0.6) is 0 Å². The van der Waals surface area contributed by atoms with E-state index in [2.05, 4.69) is 9.97 Å². The maximum absolute atomic E-state index is 12.7. The molecule has 0 radical (unpaired) electrons. The number of ketones is 2. The summed E-state index contributed by atoms with van der Waals surface area (Å²) < 4.78 is 5.31. The molecule has 6 nitrogen and oxygen atoms in total. The number of carbonyl (C=O) groups is 3. The van der Waals surface area contributed by atoms with Gasteiger partial charge in [0.05, 0.1) is 11.2 Å². The molecule has 0 bridgehead atoms. The zero-order chi connectivity index (χ0) is 19.7. The van der Waals surface area contributed by atoms with E-state index in [1.54, 1.807) is 32.0 Å². The summed E-state index contributed by atoms with van der Waals surface area (Å²) in [7, 11) is 0. The first kappa shape index (κ1) is 18.5. The Bertz CT molecular complexity index is 1070. The van der Waals surface area contributed by atoms with Crippen molar-refractivity contribution in [2.75, 3.05) is 0 Å². The van der Waals surface area contributed by atoms with E-state index in [1.807, 2.05) is 18.2 Å². The minimum Gasteiger partial charge on any atom is -0.449 e. The molecule has 138 valence electrons. The molecule has 1 aromatic carbocycles. The standard InChI is InChI=1S/C21H20N2O4/c1-11-18(13(3)24)12(2)22-19(11)20(25)14(4)27-21(26)17-10-9-15-7-5-6-8-16(15)23-17/h5-10,14,22H,1-4H3/t14-/m0/s1. The third-order valence-corrected chi connectivity index (χ3v) is 4.50. The van der Waals surface area contributed by atoms with E-state index in [0.29, 0.717) is 22.3 Å². The Morgan fingerprint density at radius 1 is 1.07 bits per heavy atom. The maximum Gasteiger partial charge on any atom is 0.357 e. The number of nitrogens with zero attached hydrogens (tertiary/aromatic N) is 1. The van der Waals surface area contributed by atoms with Crippen LogP contribution in [0.2, 0.25) is 0 Å². The van der Waals surface area contributed by atoms with Gasteiger partial charge in [-0.25, -0.2) is 9.78 Å². The van der Waals surface area contributed by atoms with E-state index in [4.69, 9.17) is 4.74 Å². The highest BCUT2D eigenvalue weighted by Crippen LogP contribution is 2.21. The van der Waals surface area contributed by atoms with Crippen molar-refractivity contribution >= 4 is 28.4 Å². The number of aryl methyl sites for hydroxylation is 1. The fraction of sp³-hybridized carbons (Fsp3) is 0.238. The fourth-order valence-electron chi connectivity index (χ4n) is 3.18. The molecule has 27 heavy (non-hydrogen) atoms. The van der Waals surface area contributed by atoms with Crippen LogP contribution in [0.25, 0.3) is 10.9 Å². The van der Waals surface area contributed by atoms with Gasteiger partial charge in [-0.1, -0.05) is 24.3 Å². The first-order valence-electron chi connectivity index (χ1n) is 8.60. The second kappa shape index (κ2) is 7.15. The van der Waals surface area contributed by atoms with Crippen molar-refractivity contribution in [2.45, 2.75) is 33.8 Å². The second-order valence-electron chi connectivity index (χ2n) is 6.48. The van der Waals surface area contributed by atoms with Crippen molar-refractivity contribution in [3.05, 3.63) is 64.6 Å². The molecule has 0 aliphatic heterocycles. The lowest BCUT2D eigenvalue weighted by Crippen LogP contribution is -2.25. The quantitative estimate of drug-likeness (QED) is 0.549. The van der Waals surface area contributed by atoms with Crippen molar-refractivity contribution in [3.63, 3.8) is 0 Å². The number of para-hydroxylation sites is 1. The van der Waals surface area contributed by atoms with E-state index in [1.165, 1.54) is 13.8 Å². The van der Waals surface area contributed by atoms with Gasteiger partial charge in [0.2, 0.25) is 5.78 Å². The third-order valence-electron chi connectivity index (χ3n) is 4.50. The molecule has 0 saturated carbocycles. The van der Waals surface area contributed by atoms with Gasteiger partial charge in [0.1, 0.15) is 5.69 Å². The van der Waals surface area contributed by atoms with Gasteiger partial charge >= 0.3 is 5.97 Å². The summed E-state index contributed by atoms with van der Waals surface area (Å²) >= 11 is 0. The van der Waals surface area contributed by atoms with Gasteiger partial charge < -0.3 is 9.72 Å². The minimum absolute atomic E-state index is 0.120. The number of carbonyl (C=O) groups excluding carboxylic acids is 3. The average Bonchev–Trinajstić information content (AvgIpc) is 2.94. The number of aromatic nitrogens is 2. The molecular formula is C21H20N2O4. The van der Waals surface area contributed by atoms with Crippen LogP contribution in [0.4, 0.5) is 0 Å². The smallest absolute Gasteiger partial charge is 0.357 e. The van der Waals surface area contributed by atoms with Crippen molar-refractivity contribution in [3.8, 4) is 0 Å². The molecule has 6 heteroatoms. The summed E-state index contributed by atoms with van der Waals surface area (Å²) in [5, 5.41) is 0.910. The predicted molar refractivity (Wildman–Crippen MR) is 101 cm³/mol. The lowest BCUT2D eigenvalue weighted by molar-refractivity contribution is 0.0311. The lowest BCUT2D eigenvalue weighted by Gasteiger charge is -2.12. The average molecular weight is 364 g/mol. The number of hydrogen-bond donors (Lipinski definition) is 1. The summed E-state index contributed by atoms with van der Waals surface area (Å²) in [6.45, 7) is 6.39. The fourth-order valence-corrected chi connectivity index (χ4v) is 3.18. The highest BCUT2D eigenvalue weighted by Gasteiger charge is 2.26. The van der Waals surface area contributed by atoms with Gasteiger partial charge in [0, 0.05) is 16.6 Å². The molecule has 0 spiro atoms. The Hall–Kier alpha value is -3.28. The number of Topliss-reactive ketones (excluding diaryl/α,β-unsaturated/α-hetero) is 2. The molecule has 0 aliphatic carbocycles. The van der Waals surface area contributed by atoms with E-state index in [9.17, 15) is 14.4 Å². The predicted octanol–water partition coefficient (Wildman–Crippen LogP) is 3.81. The molecule has 0 fully saturated rings. The zero-order valence-corrected chi connectivity index (χ0v) is 15.6. The Balaban J connectivity index is 1.80. The lowest BCUT2D eigenvalue weighted by atomic mass is 10.0. The maximum atomic E-state index is 12.7. The number of benzene rings is 1. The molecule has 0 unspecified atom stereocenters. The molecule has 2 heterocycles. The number of H-pyrrole nitrogens is 1. The van der Waals surface area contributed by atoms with E-state index < -0.39 is 17.9 Å². The van der Waals surface area contributed by atoms with Gasteiger partial charge in [0.15, 0.2) is 11.9 Å². The number of nitrogens with one attached hydrogen (secondary N) is 1. The SMILES string of the molecule is CC(=O)c1c(C)[nH]c(C(=O)[C@H](C)OC(=O)c2ccc3ccccc3n2)c1C. The Morgan fingerprint density at radius 2 is 1.78 bits per heavy atom. The number of esters is 1. The topological polar surface area (TPSA) is 89.1 Å². The Labute approximate surface area is 156 Å². The highest BCUT2D eigenvalue weighted by atomic mass is 16.5. The van der Waals surface area contributed by atoms with Gasteiger partial charge in [-0.2, -0.15) is 0 Å². The number of pyridine rings is 1. The summed E-state index contributed by atoms with van der Waals surface area (Å²) in [5.74, 6) is -1.18. The van der Waals surface area contributed by atoms with E-state index >= 15 is 0 Å². The molecule has 3 rings (SSSR count). The van der Waals surface area contributed by atoms with Crippen LogP contribution in [0.1, 0.15) is 56.4 Å². The molecular weight excluding hydrogens is 344 g/mol. The zero-order valence-electron chi connectivity index (χ0n) is 15.6. The largest absolute Gasteiger partial charge is 0.449 e. The van der Waals surface area contributed by atoms with Gasteiger partial charge in [-0.15, -0.1) is 0 Å². The number of hydrogen-bond acceptors (Lipinski definition) is 5. The molecule has 2 aromatic heterocycles. The first-order valence-corrected chi connectivity index (χ1v) is 8.60. The minimum atomic E-state index is -1.01. The van der Waals surface area contributed by atoms with Crippen LogP contribution < -0.4 is 0 Å². The number of fused-ring (bicyclic) bond motifs is 1. The highest BCUT2D eigenvalue weighted by molar-refractivity contribution is 6.05. The summed E-state index contributed by atoms with van der Waals surface area (Å²) in [6, 6.07) is 10.8. The number of aromatic amines is 1. The van der Waals surface area contributed by atoms with E-state index in [-0.39, 0.29) is 17.2 Å². The van der Waals surface area contributed by atoms with Crippen molar-refractivity contribution in [1.82, 2.24) is 9.97 Å². The second-order valence-corrected chi connectivity index (χ2v) is 6.48. The first-order chi connectivity index (χ1) is 12.8. The molecule has 1 atom stereocenters. The molecule has 1 N–H and O–H groups in total. The van der Waals surface area contributed by atoms with Crippen LogP contribution in [-0.4, -0.2) is 33.6 Å². The van der Waals surface area contributed by atoms with Crippen LogP contribution in [0.3, 0.4) is 0 Å². The summed E-state index contributed by atoms with van der Waals surface area (Å²) in [5.41, 5.74) is 2.78. The third kappa shape index (κ3) is 3.51. The monoisotopic (exact) mass is 364 g/mol. The summed E-state index contributed by atoms with van der Waals surface area (Å²) in [4.78, 5) is 44.0. The Morgan fingerprint density at radius 3 is 2.44 bits per heavy atom. The molecule has 0 saturated heterocycles. The van der Waals surface area contributed by atoms with Crippen LogP contribution in [0, 0.1) is 13.8 Å². The van der Waals surface area contributed by atoms with Crippen molar-refractivity contribution in [1.29, 1.82) is 0 Å². The van der Waals surface area contributed by atoms with Crippen molar-refractivity contribution in [2.24, 2.45) is 0 Å². The Kier molecular flexibility index (Phi) is 4.90. The summed E-state index contributed by atoms with van der Waals surface area (Å²) in [6.07, 6.45) is -1.01. The normalized spacial score (nSPS) is 12.0. The van der Waals surface area contributed by atoms with Crippen LogP contribution in [-0.2, 0) is 4.74 Å².